The Bertz CT molecular complexity index is 498. The molecule has 0 aliphatic heterocycles. The topological polar surface area (TPSA) is 83.2 Å². The third-order valence-electron chi connectivity index (χ3n) is 2.03. The lowest BCUT2D eigenvalue weighted by Crippen LogP contribution is -2.10. The van der Waals surface area contributed by atoms with Crippen molar-refractivity contribution in [2.45, 2.75) is 19.8 Å². The standard InChI is InChI=1S/C11H10F2N2O3/c1-2-18-8(16)4-7-3-6(5-14)10(17)9(15-7)11(12)13/h3,11,17H,2,4H2,1H3. The third kappa shape index (κ3) is 3.13. The fourth-order valence-corrected chi connectivity index (χ4v) is 1.30. The van der Waals surface area contributed by atoms with Crippen LogP contribution in [0, 0.1) is 11.3 Å². The lowest BCUT2D eigenvalue weighted by Gasteiger charge is -2.07. The molecule has 0 saturated carbocycles. The molecule has 1 heterocycles. The van der Waals surface area contributed by atoms with Gasteiger partial charge in [0.1, 0.15) is 11.8 Å². The van der Waals surface area contributed by atoms with Crippen molar-refractivity contribution in [1.82, 2.24) is 4.98 Å². The van der Waals surface area contributed by atoms with Gasteiger partial charge in [-0.15, -0.1) is 0 Å². The van der Waals surface area contributed by atoms with E-state index in [9.17, 15) is 18.7 Å². The Labute approximate surface area is 102 Å². The lowest BCUT2D eigenvalue weighted by molar-refractivity contribution is -0.142. The van der Waals surface area contributed by atoms with Crippen molar-refractivity contribution in [3.05, 3.63) is 23.0 Å². The summed E-state index contributed by atoms with van der Waals surface area (Å²) in [4.78, 5) is 14.6. The Hall–Kier alpha value is -2.23. The van der Waals surface area contributed by atoms with Crippen LogP contribution in [0.5, 0.6) is 5.75 Å². The smallest absolute Gasteiger partial charge is 0.311 e. The van der Waals surface area contributed by atoms with Crippen LogP contribution in [0.15, 0.2) is 6.07 Å². The molecular weight excluding hydrogens is 246 g/mol. The first-order valence-corrected chi connectivity index (χ1v) is 5.06. The molecule has 0 saturated heterocycles. The highest BCUT2D eigenvalue weighted by Gasteiger charge is 2.20. The number of alkyl halides is 2. The third-order valence-corrected chi connectivity index (χ3v) is 2.03. The highest BCUT2D eigenvalue weighted by atomic mass is 19.3. The summed E-state index contributed by atoms with van der Waals surface area (Å²) in [5.41, 5.74) is -1.30. The van der Waals surface area contributed by atoms with Gasteiger partial charge in [-0.1, -0.05) is 0 Å². The number of carbonyl (C=O) groups excluding carboxylic acids is 1. The van der Waals surface area contributed by atoms with Gasteiger partial charge in [0, 0.05) is 0 Å². The van der Waals surface area contributed by atoms with E-state index in [2.05, 4.69) is 9.72 Å². The van der Waals surface area contributed by atoms with Crippen LogP contribution >= 0.6 is 0 Å². The summed E-state index contributed by atoms with van der Waals surface area (Å²) in [6, 6.07) is 2.64. The van der Waals surface area contributed by atoms with Crippen molar-refractivity contribution < 1.29 is 23.4 Å². The summed E-state index contributed by atoms with van der Waals surface area (Å²) in [6.07, 6.45) is -3.36. The summed E-state index contributed by atoms with van der Waals surface area (Å²) in [6.45, 7) is 1.76. The summed E-state index contributed by atoms with van der Waals surface area (Å²) < 4.78 is 29.8. The van der Waals surface area contributed by atoms with Gasteiger partial charge in [0.15, 0.2) is 5.75 Å². The molecule has 0 aliphatic carbocycles. The van der Waals surface area contributed by atoms with Crippen molar-refractivity contribution in [1.29, 1.82) is 5.26 Å². The van der Waals surface area contributed by atoms with Crippen LogP contribution in [-0.2, 0) is 16.0 Å². The number of nitriles is 1. The minimum atomic E-state index is -3.03. The number of carbonyl (C=O) groups is 1. The van der Waals surface area contributed by atoms with E-state index in [0.717, 1.165) is 6.07 Å². The van der Waals surface area contributed by atoms with Gasteiger partial charge >= 0.3 is 5.97 Å². The first-order chi connectivity index (χ1) is 8.49. The molecule has 1 aromatic rings. The van der Waals surface area contributed by atoms with Gasteiger partial charge in [-0.2, -0.15) is 5.26 Å². The number of esters is 1. The van der Waals surface area contributed by atoms with Gasteiger partial charge in [0.05, 0.1) is 24.3 Å². The van der Waals surface area contributed by atoms with Crippen LogP contribution in [-0.4, -0.2) is 22.7 Å². The molecule has 0 radical (unpaired) electrons. The number of hydrogen-bond acceptors (Lipinski definition) is 5. The van der Waals surface area contributed by atoms with Crippen molar-refractivity contribution >= 4 is 5.97 Å². The lowest BCUT2D eigenvalue weighted by atomic mass is 10.1. The highest BCUT2D eigenvalue weighted by Crippen LogP contribution is 2.29. The van der Waals surface area contributed by atoms with E-state index in [-0.39, 0.29) is 24.3 Å². The van der Waals surface area contributed by atoms with Crippen molar-refractivity contribution in [2.75, 3.05) is 6.61 Å². The van der Waals surface area contributed by atoms with Crippen LogP contribution in [0.2, 0.25) is 0 Å². The van der Waals surface area contributed by atoms with E-state index < -0.39 is 23.8 Å². The number of rotatable bonds is 4. The minimum absolute atomic E-state index is 0.0434. The number of ether oxygens (including phenoxy) is 1. The molecule has 7 heteroatoms. The maximum absolute atomic E-state index is 12.6. The SMILES string of the molecule is CCOC(=O)Cc1cc(C#N)c(O)c(C(F)F)n1. The number of aromatic hydroxyl groups is 1. The quantitative estimate of drug-likeness (QED) is 0.829. The number of hydrogen-bond donors (Lipinski definition) is 1. The average Bonchev–Trinajstić information content (AvgIpc) is 2.31. The fraction of sp³-hybridized carbons (Fsp3) is 0.364. The fourth-order valence-electron chi connectivity index (χ4n) is 1.30. The second-order valence-electron chi connectivity index (χ2n) is 3.29. The van der Waals surface area contributed by atoms with E-state index >= 15 is 0 Å². The summed E-state index contributed by atoms with van der Waals surface area (Å²) in [7, 11) is 0. The minimum Gasteiger partial charge on any atom is -0.505 e. The Morgan fingerprint density at radius 2 is 2.33 bits per heavy atom. The number of halogens is 2. The predicted octanol–water partition coefficient (Wildman–Crippen LogP) is 1.70. The molecule has 0 aromatic carbocycles. The van der Waals surface area contributed by atoms with Crippen LogP contribution in [0.3, 0.4) is 0 Å². The monoisotopic (exact) mass is 256 g/mol. The molecule has 18 heavy (non-hydrogen) atoms. The van der Waals surface area contributed by atoms with Crippen LogP contribution in [0.1, 0.15) is 30.3 Å². The first kappa shape index (κ1) is 13.8. The maximum atomic E-state index is 12.6. The zero-order valence-electron chi connectivity index (χ0n) is 9.48. The average molecular weight is 256 g/mol. The first-order valence-electron chi connectivity index (χ1n) is 5.06. The Balaban J connectivity index is 3.11. The molecule has 1 rings (SSSR count). The Morgan fingerprint density at radius 3 is 2.83 bits per heavy atom. The van der Waals surface area contributed by atoms with E-state index in [1.54, 1.807) is 13.0 Å². The van der Waals surface area contributed by atoms with Crippen molar-refractivity contribution in [2.24, 2.45) is 0 Å². The molecule has 0 unspecified atom stereocenters. The highest BCUT2D eigenvalue weighted by molar-refractivity contribution is 5.72. The molecule has 0 spiro atoms. The van der Waals surface area contributed by atoms with Gasteiger partial charge in [-0.3, -0.25) is 4.79 Å². The van der Waals surface area contributed by atoms with Crippen LogP contribution in [0.25, 0.3) is 0 Å². The second-order valence-corrected chi connectivity index (χ2v) is 3.29. The van der Waals surface area contributed by atoms with Crippen molar-refractivity contribution in [3.63, 3.8) is 0 Å². The van der Waals surface area contributed by atoms with Gasteiger partial charge in [-0.25, -0.2) is 13.8 Å². The van der Waals surface area contributed by atoms with E-state index in [0.29, 0.717) is 0 Å². The molecule has 1 aromatic heterocycles. The largest absolute Gasteiger partial charge is 0.505 e. The molecule has 1 N–H and O–H groups in total. The molecule has 0 amide bonds. The predicted molar refractivity (Wildman–Crippen MR) is 55.9 cm³/mol. The normalized spacial score (nSPS) is 10.2. The molecule has 0 aliphatic rings. The van der Waals surface area contributed by atoms with E-state index in [4.69, 9.17) is 5.26 Å². The molecular formula is C11H10F2N2O3. The number of nitrogens with zero attached hydrogens (tertiary/aromatic N) is 2. The van der Waals surface area contributed by atoms with E-state index in [1.807, 2.05) is 0 Å². The molecule has 5 nitrogen and oxygen atoms in total. The summed E-state index contributed by atoms with van der Waals surface area (Å²) >= 11 is 0. The number of pyridine rings is 1. The Kier molecular flexibility index (Phi) is 4.54. The van der Waals surface area contributed by atoms with Crippen LogP contribution < -0.4 is 0 Å². The molecule has 0 bridgehead atoms. The van der Waals surface area contributed by atoms with Crippen molar-refractivity contribution in [3.8, 4) is 11.8 Å². The Morgan fingerprint density at radius 1 is 1.67 bits per heavy atom. The van der Waals surface area contributed by atoms with Gasteiger partial charge in [0.25, 0.3) is 6.43 Å². The maximum Gasteiger partial charge on any atom is 0.311 e. The van der Waals surface area contributed by atoms with Gasteiger partial charge in [0.2, 0.25) is 0 Å². The van der Waals surface area contributed by atoms with Gasteiger partial charge in [-0.05, 0) is 13.0 Å². The summed E-state index contributed by atoms with van der Waals surface area (Å²) in [5, 5.41) is 18.0. The summed E-state index contributed by atoms with van der Waals surface area (Å²) in [5.74, 6) is -1.50. The second kappa shape index (κ2) is 5.91. The van der Waals surface area contributed by atoms with Crippen LogP contribution in [0.4, 0.5) is 8.78 Å². The zero-order chi connectivity index (χ0) is 13.7. The van der Waals surface area contributed by atoms with E-state index in [1.165, 1.54) is 0 Å². The molecule has 0 atom stereocenters. The molecule has 96 valence electrons. The van der Waals surface area contributed by atoms with Gasteiger partial charge < -0.3 is 9.84 Å². The number of aromatic nitrogens is 1. The zero-order valence-corrected chi connectivity index (χ0v) is 9.48. The molecule has 0 fully saturated rings.